The van der Waals surface area contributed by atoms with Crippen LogP contribution in [0.5, 0.6) is 0 Å². The molecule has 0 saturated carbocycles. The number of hydrogen-bond donors (Lipinski definition) is 3. The predicted octanol–water partition coefficient (Wildman–Crippen LogP) is 1.77. The molecule has 0 saturated heterocycles. The Balaban J connectivity index is 2.47. The number of nitrogens with zero attached hydrogens (tertiary/aromatic N) is 2. The van der Waals surface area contributed by atoms with Crippen LogP contribution in [0, 0.1) is 0 Å². The molecule has 0 aliphatic carbocycles. The third-order valence-corrected chi connectivity index (χ3v) is 3.78. The summed E-state index contributed by atoms with van der Waals surface area (Å²) in [6, 6.07) is 3.53. The van der Waals surface area contributed by atoms with Crippen LogP contribution < -0.4 is 10.6 Å². The van der Waals surface area contributed by atoms with Gasteiger partial charge >= 0.3 is 0 Å². The van der Waals surface area contributed by atoms with Crippen LogP contribution in [-0.4, -0.2) is 55.2 Å². The van der Waals surface area contributed by atoms with Gasteiger partial charge in [-0.05, 0) is 52.0 Å². The van der Waals surface area contributed by atoms with Gasteiger partial charge in [-0.3, -0.25) is 0 Å². The molecule has 0 amide bonds. The van der Waals surface area contributed by atoms with E-state index in [4.69, 9.17) is 4.42 Å². The Morgan fingerprint density at radius 1 is 1.30 bits per heavy atom. The van der Waals surface area contributed by atoms with Crippen LogP contribution in [0.3, 0.4) is 0 Å². The van der Waals surface area contributed by atoms with Gasteiger partial charge in [-0.25, -0.2) is 4.99 Å². The second-order valence-electron chi connectivity index (χ2n) is 5.75. The Kier molecular flexibility index (Phi) is 8.73. The molecule has 0 bridgehead atoms. The summed E-state index contributed by atoms with van der Waals surface area (Å²) in [6.07, 6.45) is 2.62. The molecule has 1 aromatic rings. The Hall–Kier alpha value is -1.53. The van der Waals surface area contributed by atoms with Crippen molar-refractivity contribution in [3.8, 4) is 0 Å². The first-order valence-electron chi connectivity index (χ1n) is 8.54. The normalized spacial score (nSPS) is 14.8. The van der Waals surface area contributed by atoms with Crippen LogP contribution in [0.2, 0.25) is 0 Å². The molecule has 0 spiro atoms. The highest BCUT2D eigenvalue weighted by molar-refractivity contribution is 5.79. The fraction of sp³-hybridized carbons (Fsp3) is 0.706. The molecule has 3 N–H and O–H groups in total. The average Bonchev–Trinajstić information content (AvgIpc) is 3.08. The van der Waals surface area contributed by atoms with Gasteiger partial charge in [0.05, 0.1) is 12.8 Å². The molecule has 0 fully saturated rings. The van der Waals surface area contributed by atoms with E-state index >= 15 is 0 Å². The van der Waals surface area contributed by atoms with Gasteiger partial charge in [0, 0.05) is 13.1 Å². The fourth-order valence-electron chi connectivity index (χ4n) is 2.29. The molecule has 1 unspecified atom stereocenters. The zero-order valence-corrected chi connectivity index (χ0v) is 14.9. The van der Waals surface area contributed by atoms with Crippen LogP contribution in [0.15, 0.2) is 27.8 Å². The number of hydrogen-bond acceptors (Lipinski definition) is 4. The minimum Gasteiger partial charge on any atom is -0.466 e. The lowest BCUT2D eigenvalue weighted by Crippen LogP contribution is -2.40. The van der Waals surface area contributed by atoms with E-state index in [0.717, 1.165) is 45.1 Å². The summed E-state index contributed by atoms with van der Waals surface area (Å²) in [6.45, 7) is 13.2. The van der Waals surface area contributed by atoms with Crippen molar-refractivity contribution in [3.05, 3.63) is 24.2 Å². The number of aliphatic hydroxyl groups is 1. The van der Waals surface area contributed by atoms with E-state index in [1.54, 1.807) is 25.3 Å². The summed E-state index contributed by atoms with van der Waals surface area (Å²) in [7, 11) is 0. The number of rotatable bonds is 10. The number of furan rings is 1. The topological polar surface area (TPSA) is 73.0 Å². The van der Waals surface area contributed by atoms with E-state index in [1.165, 1.54) is 0 Å². The van der Waals surface area contributed by atoms with Gasteiger partial charge in [0.2, 0.25) is 0 Å². The molecule has 132 valence electrons. The molecule has 0 aliphatic heterocycles. The largest absolute Gasteiger partial charge is 0.466 e. The third-order valence-electron chi connectivity index (χ3n) is 3.78. The standard InChI is InChI=1S/C17H32N4O2/c1-5-18-16(19-11-9-12-21(6-2)7-3)20-14-17(4,22)15-10-8-13-23-15/h8,10,13,22H,5-7,9,11-12,14H2,1-4H3,(H2,18,19,20). The second kappa shape index (κ2) is 10.3. The molecule has 23 heavy (non-hydrogen) atoms. The van der Waals surface area contributed by atoms with E-state index in [-0.39, 0.29) is 6.54 Å². The number of guanidine groups is 1. The minimum absolute atomic E-state index is 0.242. The summed E-state index contributed by atoms with van der Waals surface area (Å²) >= 11 is 0. The lowest BCUT2D eigenvalue weighted by molar-refractivity contribution is 0.0437. The maximum absolute atomic E-state index is 10.4. The van der Waals surface area contributed by atoms with Gasteiger partial charge in [-0.1, -0.05) is 13.8 Å². The quantitative estimate of drug-likeness (QED) is 0.347. The monoisotopic (exact) mass is 324 g/mol. The van der Waals surface area contributed by atoms with Crippen molar-refractivity contribution in [1.29, 1.82) is 0 Å². The summed E-state index contributed by atoms with van der Waals surface area (Å²) in [4.78, 5) is 6.87. The van der Waals surface area contributed by atoms with Crippen molar-refractivity contribution >= 4 is 5.96 Å². The van der Waals surface area contributed by atoms with Gasteiger partial charge in [0.1, 0.15) is 11.4 Å². The van der Waals surface area contributed by atoms with E-state index in [1.807, 2.05) is 6.92 Å². The molecular formula is C17H32N4O2. The molecule has 0 aromatic carbocycles. The van der Waals surface area contributed by atoms with Gasteiger partial charge in [0.15, 0.2) is 5.96 Å². The van der Waals surface area contributed by atoms with Gasteiger partial charge in [-0.2, -0.15) is 0 Å². The Morgan fingerprint density at radius 3 is 2.61 bits per heavy atom. The summed E-state index contributed by atoms with van der Waals surface area (Å²) < 4.78 is 5.27. The van der Waals surface area contributed by atoms with Crippen molar-refractivity contribution in [1.82, 2.24) is 15.5 Å². The fourth-order valence-corrected chi connectivity index (χ4v) is 2.29. The highest BCUT2D eigenvalue weighted by atomic mass is 16.4. The molecule has 0 aliphatic rings. The average molecular weight is 324 g/mol. The molecule has 6 heteroatoms. The van der Waals surface area contributed by atoms with Crippen molar-refractivity contribution in [2.45, 2.75) is 39.7 Å². The molecule has 6 nitrogen and oxygen atoms in total. The van der Waals surface area contributed by atoms with E-state index in [0.29, 0.717) is 5.76 Å². The Morgan fingerprint density at radius 2 is 2.04 bits per heavy atom. The zero-order chi connectivity index (χ0) is 17.1. The molecule has 1 atom stereocenters. The van der Waals surface area contributed by atoms with Crippen molar-refractivity contribution in [2.75, 3.05) is 39.3 Å². The minimum atomic E-state index is -1.10. The summed E-state index contributed by atoms with van der Waals surface area (Å²) in [5.41, 5.74) is -1.10. The smallest absolute Gasteiger partial charge is 0.191 e. The van der Waals surface area contributed by atoms with Gasteiger partial charge in [0.25, 0.3) is 0 Å². The van der Waals surface area contributed by atoms with Gasteiger partial charge < -0.3 is 25.1 Å². The Labute approximate surface area is 140 Å². The molecule has 0 radical (unpaired) electrons. The first-order valence-corrected chi connectivity index (χ1v) is 8.54. The van der Waals surface area contributed by atoms with Crippen LogP contribution >= 0.6 is 0 Å². The SMILES string of the molecule is CCNC(=NCC(C)(O)c1ccco1)NCCCN(CC)CC. The predicted molar refractivity (Wildman–Crippen MR) is 94.7 cm³/mol. The molecule has 1 heterocycles. The highest BCUT2D eigenvalue weighted by Crippen LogP contribution is 2.20. The lowest BCUT2D eigenvalue weighted by Gasteiger charge is -2.20. The van der Waals surface area contributed by atoms with E-state index < -0.39 is 5.60 Å². The highest BCUT2D eigenvalue weighted by Gasteiger charge is 2.25. The van der Waals surface area contributed by atoms with Crippen LogP contribution in [0.4, 0.5) is 0 Å². The molecule has 1 aromatic heterocycles. The second-order valence-corrected chi connectivity index (χ2v) is 5.75. The maximum atomic E-state index is 10.4. The van der Waals surface area contributed by atoms with Crippen LogP contribution in [0.25, 0.3) is 0 Å². The van der Waals surface area contributed by atoms with Crippen molar-refractivity contribution in [2.24, 2.45) is 4.99 Å². The van der Waals surface area contributed by atoms with Crippen molar-refractivity contribution in [3.63, 3.8) is 0 Å². The lowest BCUT2D eigenvalue weighted by atomic mass is 10.0. The Bertz CT molecular complexity index is 439. The van der Waals surface area contributed by atoms with Crippen molar-refractivity contribution < 1.29 is 9.52 Å². The van der Waals surface area contributed by atoms with Crippen LogP contribution in [0.1, 0.15) is 39.9 Å². The van der Waals surface area contributed by atoms with Gasteiger partial charge in [-0.15, -0.1) is 0 Å². The van der Waals surface area contributed by atoms with E-state index in [2.05, 4.69) is 34.4 Å². The molecular weight excluding hydrogens is 292 g/mol. The number of nitrogens with one attached hydrogen (secondary N) is 2. The van der Waals surface area contributed by atoms with Crippen LogP contribution in [-0.2, 0) is 5.60 Å². The van der Waals surface area contributed by atoms with E-state index in [9.17, 15) is 5.11 Å². The third kappa shape index (κ3) is 7.05. The zero-order valence-electron chi connectivity index (χ0n) is 14.9. The summed E-state index contributed by atoms with van der Waals surface area (Å²) in [5, 5.41) is 16.9. The summed E-state index contributed by atoms with van der Waals surface area (Å²) in [5.74, 6) is 1.25. The maximum Gasteiger partial charge on any atom is 0.191 e. The first-order chi connectivity index (χ1) is 11.0. The molecule has 1 rings (SSSR count). The first kappa shape index (κ1) is 19.5. The number of aliphatic imine (C=N–C) groups is 1.